The molecule has 0 atom stereocenters. The van der Waals surface area contributed by atoms with Crippen LogP contribution in [0.15, 0.2) is 18.2 Å². The quantitative estimate of drug-likeness (QED) is 0.639. The summed E-state index contributed by atoms with van der Waals surface area (Å²) in [4.78, 5) is 34.1. The predicted molar refractivity (Wildman–Crippen MR) is 64.0 cm³/mol. The number of carboxylic acids is 1. The van der Waals surface area contributed by atoms with E-state index in [4.69, 9.17) is 9.84 Å². The van der Waals surface area contributed by atoms with Gasteiger partial charge < -0.3 is 9.84 Å². The maximum atomic E-state index is 11.6. The highest BCUT2D eigenvalue weighted by Crippen LogP contribution is 2.15. The van der Waals surface area contributed by atoms with Crippen molar-refractivity contribution in [2.24, 2.45) is 0 Å². The average molecular weight is 250 g/mol. The van der Waals surface area contributed by atoms with Crippen molar-refractivity contribution in [2.45, 2.75) is 20.3 Å². The van der Waals surface area contributed by atoms with E-state index in [1.165, 1.54) is 18.2 Å². The molecule has 1 N–H and O–H groups in total. The Morgan fingerprint density at radius 2 is 1.83 bits per heavy atom. The average Bonchev–Trinajstić information content (AvgIpc) is 2.37. The highest BCUT2D eigenvalue weighted by molar-refractivity contribution is 6.07. The van der Waals surface area contributed by atoms with Crippen molar-refractivity contribution >= 4 is 17.7 Å². The third-order valence-corrected chi connectivity index (χ3v) is 2.38. The van der Waals surface area contributed by atoms with Gasteiger partial charge in [0.25, 0.3) is 0 Å². The minimum absolute atomic E-state index is 0.109. The smallest absolute Gasteiger partial charge is 0.338 e. The molecule has 5 nitrogen and oxygen atoms in total. The Bertz CT molecular complexity index is 490. The molecule has 0 saturated carbocycles. The first-order valence-electron chi connectivity index (χ1n) is 5.58. The van der Waals surface area contributed by atoms with Crippen LogP contribution >= 0.6 is 0 Å². The number of hydrogen-bond donors (Lipinski definition) is 1. The zero-order valence-electron chi connectivity index (χ0n) is 10.2. The molecule has 0 spiro atoms. The summed E-state index contributed by atoms with van der Waals surface area (Å²) in [6.07, 6.45) is 0.207. The number of ether oxygens (including phenoxy) is 1. The molecule has 0 fully saturated rings. The van der Waals surface area contributed by atoms with E-state index in [0.717, 1.165) is 0 Å². The van der Waals surface area contributed by atoms with Gasteiger partial charge in [-0.3, -0.25) is 4.79 Å². The molecule has 0 radical (unpaired) electrons. The van der Waals surface area contributed by atoms with Gasteiger partial charge in [0.05, 0.1) is 17.7 Å². The van der Waals surface area contributed by atoms with Crippen LogP contribution in [-0.4, -0.2) is 29.4 Å². The first kappa shape index (κ1) is 13.9. The molecule has 18 heavy (non-hydrogen) atoms. The first-order chi connectivity index (χ1) is 8.51. The largest absolute Gasteiger partial charge is 0.478 e. The molecule has 1 rings (SSSR count). The van der Waals surface area contributed by atoms with E-state index in [1.807, 2.05) is 0 Å². The lowest BCUT2D eigenvalue weighted by Gasteiger charge is -2.07. The second kappa shape index (κ2) is 5.95. The lowest BCUT2D eigenvalue weighted by Crippen LogP contribution is -2.11. The highest BCUT2D eigenvalue weighted by atomic mass is 16.5. The van der Waals surface area contributed by atoms with E-state index in [1.54, 1.807) is 13.8 Å². The fourth-order valence-corrected chi connectivity index (χ4v) is 1.50. The summed E-state index contributed by atoms with van der Waals surface area (Å²) >= 11 is 0. The Balaban J connectivity index is 3.23. The van der Waals surface area contributed by atoms with Crippen molar-refractivity contribution in [2.75, 3.05) is 6.61 Å². The zero-order valence-corrected chi connectivity index (χ0v) is 10.2. The summed E-state index contributed by atoms with van der Waals surface area (Å²) in [7, 11) is 0. The van der Waals surface area contributed by atoms with E-state index in [-0.39, 0.29) is 35.5 Å². The fourth-order valence-electron chi connectivity index (χ4n) is 1.50. The van der Waals surface area contributed by atoms with E-state index in [0.29, 0.717) is 0 Å². The van der Waals surface area contributed by atoms with E-state index >= 15 is 0 Å². The zero-order chi connectivity index (χ0) is 13.7. The number of esters is 1. The van der Waals surface area contributed by atoms with Crippen LogP contribution in [-0.2, 0) is 4.74 Å². The van der Waals surface area contributed by atoms with Gasteiger partial charge in [-0.2, -0.15) is 0 Å². The third-order valence-electron chi connectivity index (χ3n) is 2.38. The van der Waals surface area contributed by atoms with Crippen LogP contribution in [0.5, 0.6) is 0 Å². The molecule has 0 unspecified atom stereocenters. The lowest BCUT2D eigenvalue weighted by atomic mass is 9.99. The van der Waals surface area contributed by atoms with Gasteiger partial charge in [0.2, 0.25) is 0 Å². The molecule has 0 saturated heterocycles. The number of ketones is 1. The maximum Gasteiger partial charge on any atom is 0.338 e. The number of aromatic carboxylic acids is 1. The molecule has 5 heteroatoms. The Kier molecular flexibility index (Phi) is 4.59. The van der Waals surface area contributed by atoms with Crippen molar-refractivity contribution in [1.82, 2.24) is 0 Å². The van der Waals surface area contributed by atoms with Crippen LogP contribution in [0.4, 0.5) is 0 Å². The lowest BCUT2D eigenvalue weighted by molar-refractivity contribution is 0.0526. The molecule has 0 aliphatic heterocycles. The van der Waals surface area contributed by atoms with Gasteiger partial charge in [-0.15, -0.1) is 0 Å². The normalized spacial score (nSPS) is 9.89. The molecule has 0 aliphatic carbocycles. The van der Waals surface area contributed by atoms with E-state index in [9.17, 15) is 14.4 Å². The topological polar surface area (TPSA) is 80.7 Å². The second-order valence-electron chi connectivity index (χ2n) is 3.56. The van der Waals surface area contributed by atoms with Crippen LogP contribution in [0.25, 0.3) is 0 Å². The van der Waals surface area contributed by atoms with Gasteiger partial charge in [-0.1, -0.05) is 6.92 Å². The number of carbonyl (C=O) groups excluding carboxylic acids is 2. The number of hydrogen-bond acceptors (Lipinski definition) is 4. The Morgan fingerprint density at radius 3 is 2.33 bits per heavy atom. The van der Waals surface area contributed by atoms with Crippen molar-refractivity contribution in [3.05, 3.63) is 34.9 Å². The number of rotatable bonds is 5. The first-order valence-corrected chi connectivity index (χ1v) is 5.58. The molecule has 1 aromatic carbocycles. The molecule has 0 bridgehead atoms. The van der Waals surface area contributed by atoms with Gasteiger partial charge in [0.1, 0.15) is 0 Å². The highest BCUT2D eigenvalue weighted by Gasteiger charge is 2.18. The summed E-state index contributed by atoms with van der Waals surface area (Å²) in [6.45, 7) is 3.51. The number of carbonyl (C=O) groups is 3. The monoisotopic (exact) mass is 250 g/mol. The Labute approximate surface area is 104 Å². The van der Waals surface area contributed by atoms with Crippen LogP contribution in [0, 0.1) is 0 Å². The molecule has 96 valence electrons. The van der Waals surface area contributed by atoms with Crippen LogP contribution in [0.1, 0.15) is 51.3 Å². The third kappa shape index (κ3) is 2.94. The molecule has 1 aromatic rings. The summed E-state index contributed by atoms with van der Waals surface area (Å²) in [5, 5.41) is 9.04. The molecule has 0 amide bonds. The maximum absolute atomic E-state index is 11.6. The predicted octanol–water partition coefficient (Wildman–Crippen LogP) is 2.15. The van der Waals surface area contributed by atoms with Crippen LogP contribution < -0.4 is 0 Å². The summed E-state index contributed by atoms with van der Waals surface area (Å²) in [5.74, 6) is -2.11. The summed E-state index contributed by atoms with van der Waals surface area (Å²) < 4.78 is 4.77. The van der Waals surface area contributed by atoms with E-state index in [2.05, 4.69) is 0 Å². The number of Topliss-reactive ketones (excluding diaryl/α,β-unsaturated/α-hetero) is 1. The van der Waals surface area contributed by atoms with Crippen LogP contribution in [0.3, 0.4) is 0 Å². The summed E-state index contributed by atoms with van der Waals surface area (Å²) in [6, 6.07) is 3.91. The second-order valence-corrected chi connectivity index (χ2v) is 3.56. The molecular weight excluding hydrogens is 236 g/mol. The molecule has 0 heterocycles. The SMILES string of the molecule is CCOC(=O)c1ccc(C(=O)CC)c(C(=O)O)c1. The van der Waals surface area contributed by atoms with Crippen LogP contribution in [0.2, 0.25) is 0 Å². The van der Waals surface area contributed by atoms with Gasteiger partial charge in [-0.05, 0) is 25.1 Å². The molecular formula is C13H14O5. The number of benzene rings is 1. The van der Waals surface area contributed by atoms with Crippen molar-refractivity contribution in [3.63, 3.8) is 0 Å². The Hall–Kier alpha value is -2.17. The minimum atomic E-state index is -1.24. The number of carboxylic acid groups (broad SMARTS) is 1. The molecule has 0 aromatic heterocycles. The summed E-state index contributed by atoms with van der Waals surface area (Å²) in [5.41, 5.74) is 0.0624. The molecule has 0 aliphatic rings. The van der Waals surface area contributed by atoms with Crippen molar-refractivity contribution in [1.29, 1.82) is 0 Å². The van der Waals surface area contributed by atoms with E-state index < -0.39 is 11.9 Å². The van der Waals surface area contributed by atoms with Gasteiger partial charge >= 0.3 is 11.9 Å². The standard InChI is InChI=1S/C13H14O5/c1-3-11(14)9-6-5-8(13(17)18-4-2)7-10(9)12(15)16/h5-7H,3-4H2,1-2H3,(H,15,16). The van der Waals surface area contributed by atoms with Gasteiger partial charge in [0.15, 0.2) is 5.78 Å². The van der Waals surface area contributed by atoms with Gasteiger partial charge in [0, 0.05) is 12.0 Å². The Morgan fingerprint density at radius 1 is 1.17 bits per heavy atom. The van der Waals surface area contributed by atoms with Gasteiger partial charge in [-0.25, -0.2) is 9.59 Å². The minimum Gasteiger partial charge on any atom is -0.478 e. The van der Waals surface area contributed by atoms with Crippen molar-refractivity contribution in [3.8, 4) is 0 Å². The van der Waals surface area contributed by atoms with Crippen molar-refractivity contribution < 1.29 is 24.2 Å². The fraction of sp³-hybridized carbons (Fsp3) is 0.308.